The lowest BCUT2D eigenvalue weighted by atomic mass is 10.0. The maximum Gasteiger partial charge on any atom is 0.0541 e. The van der Waals surface area contributed by atoms with Gasteiger partial charge in [-0.25, -0.2) is 0 Å². The number of hydrogen-bond acceptors (Lipinski definition) is 0. The molecule has 0 amide bonds. The van der Waals surface area contributed by atoms with Crippen molar-refractivity contribution in [3.63, 3.8) is 0 Å². The summed E-state index contributed by atoms with van der Waals surface area (Å²) in [5.74, 6) is 0.474. The molecule has 0 saturated carbocycles. The third-order valence-electron chi connectivity index (χ3n) is 10.3. The number of aromatic nitrogens is 2. The molecule has 7 aromatic carbocycles. The first-order chi connectivity index (χ1) is 24.7. The minimum absolute atomic E-state index is 0.474. The van der Waals surface area contributed by atoms with Crippen molar-refractivity contribution in [3.05, 3.63) is 188 Å². The number of fused-ring (bicyclic) bond motifs is 6. The summed E-state index contributed by atoms with van der Waals surface area (Å²) in [7, 11) is 0. The highest BCUT2D eigenvalue weighted by Crippen LogP contribution is 2.39. The van der Waals surface area contributed by atoms with Crippen LogP contribution < -0.4 is 0 Å². The summed E-state index contributed by atoms with van der Waals surface area (Å²) >= 11 is 0. The van der Waals surface area contributed by atoms with E-state index >= 15 is 0 Å². The number of rotatable bonds is 5. The van der Waals surface area contributed by atoms with Crippen molar-refractivity contribution >= 4 is 49.2 Å². The van der Waals surface area contributed by atoms with E-state index in [1.807, 2.05) is 0 Å². The van der Waals surface area contributed by atoms with Gasteiger partial charge >= 0.3 is 0 Å². The fraction of sp³-hybridized carbons (Fsp3) is 0.0417. The van der Waals surface area contributed by atoms with Crippen molar-refractivity contribution in [2.24, 2.45) is 5.92 Å². The molecule has 10 rings (SSSR count). The zero-order valence-electron chi connectivity index (χ0n) is 27.8. The Labute approximate surface area is 291 Å². The molecule has 1 aliphatic carbocycles. The van der Waals surface area contributed by atoms with Crippen LogP contribution in [0.1, 0.15) is 12.5 Å². The average molecular weight is 639 g/mol. The minimum Gasteiger partial charge on any atom is -0.309 e. The maximum absolute atomic E-state index is 2.42. The summed E-state index contributed by atoms with van der Waals surface area (Å²) in [6.45, 7) is 2.23. The molecule has 50 heavy (non-hydrogen) atoms. The van der Waals surface area contributed by atoms with Gasteiger partial charge in [0, 0.05) is 32.9 Å². The van der Waals surface area contributed by atoms with Gasteiger partial charge in [-0.15, -0.1) is 0 Å². The molecule has 1 aliphatic rings. The molecule has 2 nitrogen and oxygen atoms in total. The molecule has 2 heterocycles. The Morgan fingerprint density at radius 2 is 0.860 bits per heavy atom. The number of para-hydroxylation sites is 2. The van der Waals surface area contributed by atoms with Crippen molar-refractivity contribution in [2.45, 2.75) is 6.92 Å². The fourth-order valence-corrected chi connectivity index (χ4v) is 7.98. The van der Waals surface area contributed by atoms with Crippen LogP contribution in [0.5, 0.6) is 0 Å². The van der Waals surface area contributed by atoms with Gasteiger partial charge in [0.15, 0.2) is 0 Å². The van der Waals surface area contributed by atoms with Gasteiger partial charge in [-0.2, -0.15) is 0 Å². The molecule has 2 aromatic heterocycles. The summed E-state index contributed by atoms with van der Waals surface area (Å²) in [5.41, 5.74) is 14.6. The molecule has 9 aromatic rings. The molecule has 1 atom stereocenters. The smallest absolute Gasteiger partial charge is 0.0541 e. The summed E-state index contributed by atoms with van der Waals surface area (Å²) in [4.78, 5) is 0. The van der Waals surface area contributed by atoms with Crippen LogP contribution in [0.3, 0.4) is 0 Å². The van der Waals surface area contributed by atoms with E-state index in [9.17, 15) is 0 Å². The van der Waals surface area contributed by atoms with E-state index in [1.54, 1.807) is 0 Å². The van der Waals surface area contributed by atoms with Crippen LogP contribution in [0, 0.1) is 5.92 Å². The Morgan fingerprint density at radius 3 is 1.44 bits per heavy atom. The minimum atomic E-state index is 0.474. The van der Waals surface area contributed by atoms with Crippen molar-refractivity contribution in [3.8, 4) is 33.6 Å². The SMILES string of the molecule is CC1C=CC(c2cccc(-n3c4ccccc4c4cc(-c5ccc6c(c5)c5ccccc5n6-c5cccc(-c6ccccc6)c5)ccc43)c2)=C1. The second-order valence-electron chi connectivity index (χ2n) is 13.5. The van der Waals surface area contributed by atoms with Crippen molar-refractivity contribution in [1.82, 2.24) is 9.13 Å². The van der Waals surface area contributed by atoms with Crippen LogP contribution in [0.4, 0.5) is 0 Å². The van der Waals surface area contributed by atoms with Gasteiger partial charge in [0.1, 0.15) is 0 Å². The second-order valence-corrected chi connectivity index (χ2v) is 13.5. The van der Waals surface area contributed by atoms with Gasteiger partial charge in [-0.3, -0.25) is 0 Å². The zero-order chi connectivity index (χ0) is 33.2. The van der Waals surface area contributed by atoms with Crippen molar-refractivity contribution in [1.29, 1.82) is 0 Å². The lowest BCUT2D eigenvalue weighted by Gasteiger charge is -2.11. The largest absolute Gasteiger partial charge is 0.309 e. The molecule has 0 saturated heterocycles. The topological polar surface area (TPSA) is 9.86 Å². The maximum atomic E-state index is 2.42. The van der Waals surface area contributed by atoms with Crippen LogP contribution in [0.2, 0.25) is 0 Å². The van der Waals surface area contributed by atoms with Crippen LogP contribution in [-0.4, -0.2) is 9.13 Å². The Bertz CT molecular complexity index is 2820. The molecule has 0 N–H and O–H groups in total. The van der Waals surface area contributed by atoms with Crippen LogP contribution in [-0.2, 0) is 0 Å². The third-order valence-corrected chi connectivity index (χ3v) is 10.3. The molecule has 0 radical (unpaired) electrons. The number of allylic oxidation sites excluding steroid dienone is 4. The van der Waals surface area contributed by atoms with E-state index in [4.69, 9.17) is 0 Å². The van der Waals surface area contributed by atoms with E-state index in [0.29, 0.717) is 5.92 Å². The van der Waals surface area contributed by atoms with Gasteiger partial charge in [0.25, 0.3) is 0 Å². The van der Waals surface area contributed by atoms with Gasteiger partial charge in [-0.1, -0.05) is 128 Å². The summed E-state index contributed by atoms with van der Waals surface area (Å²) in [6.07, 6.45) is 6.85. The monoisotopic (exact) mass is 638 g/mol. The highest BCUT2D eigenvalue weighted by atomic mass is 15.0. The highest BCUT2D eigenvalue weighted by molar-refractivity contribution is 6.12. The average Bonchev–Trinajstić information content (AvgIpc) is 3.86. The summed E-state index contributed by atoms with van der Waals surface area (Å²) in [6, 6.07) is 60.0. The van der Waals surface area contributed by atoms with E-state index in [0.717, 1.165) is 0 Å². The van der Waals surface area contributed by atoms with E-state index in [1.165, 1.54) is 88.4 Å². The van der Waals surface area contributed by atoms with Gasteiger partial charge in [0.2, 0.25) is 0 Å². The Hall–Kier alpha value is -6.38. The standard InChI is InChI=1S/C48H34N2/c1-32-21-22-36(27-32)35-14-10-16-40(29-35)50-46-20-8-6-18-42(46)44-31-38(24-26-48(44)50)37-23-25-47-43(30-37)41-17-5-7-19-45(41)49(47)39-15-9-13-34(28-39)33-11-3-2-4-12-33/h2-32H,1H3. The zero-order valence-corrected chi connectivity index (χ0v) is 27.8. The quantitative estimate of drug-likeness (QED) is 0.178. The first kappa shape index (κ1) is 28.6. The van der Waals surface area contributed by atoms with E-state index < -0.39 is 0 Å². The first-order valence-corrected chi connectivity index (χ1v) is 17.4. The molecule has 2 heteroatoms. The van der Waals surface area contributed by atoms with Crippen LogP contribution in [0.15, 0.2) is 182 Å². The predicted molar refractivity (Wildman–Crippen MR) is 212 cm³/mol. The highest BCUT2D eigenvalue weighted by Gasteiger charge is 2.17. The van der Waals surface area contributed by atoms with Gasteiger partial charge < -0.3 is 9.13 Å². The Kier molecular flexibility index (Phi) is 6.50. The number of nitrogens with zero attached hydrogens (tertiary/aromatic N) is 2. The third kappa shape index (κ3) is 4.57. The molecular formula is C48H34N2. The van der Waals surface area contributed by atoms with Gasteiger partial charge in [-0.05, 0) is 100.0 Å². The molecular weight excluding hydrogens is 605 g/mol. The molecule has 0 bridgehead atoms. The fourth-order valence-electron chi connectivity index (χ4n) is 7.98. The molecule has 0 fully saturated rings. The van der Waals surface area contributed by atoms with E-state index in [-0.39, 0.29) is 0 Å². The van der Waals surface area contributed by atoms with Crippen LogP contribution >= 0.6 is 0 Å². The Balaban J connectivity index is 1.12. The first-order valence-electron chi connectivity index (χ1n) is 17.4. The molecule has 0 aliphatic heterocycles. The number of hydrogen-bond donors (Lipinski definition) is 0. The van der Waals surface area contributed by atoms with Crippen molar-refractivity contribution < 1.29 is 0 Å². The molecule has 236 valence electrons. The Morgan fingerprint density at radius 1 is 0.380 bits per heavy atom. The van der Waals surface area contributed by atoms with Crippen LogP contribution in [0.25, 0.3) is 82.8 Å². The molecule has 0 spiro atoms. The second kappa shape index (κ2) is 11.4. The normalized spacial score (nSPS) is 14.3. The molecule has 1 unspecified atom stereocenters. The van der Waals surface area contributed by atoms with Gasteiger partial charge in [0.05, 0.1) is 22.1 Å². The lowest BCUT2D eigenvalue weighted by Crippen LogP contribution is -1.95. The predicted octanol–water partition coefficient (Wildman–Crippen LogP) is 12.8. The summed E-state index contributed by atoms with van der Waals surface area (Å²) < 4.78 is 4.82. The lowest BCUT2D eigenvalue weighted by molar-refractivity contribution is 0.959. The van der Waals surface area contributed by atoms with E-state index in [2.05, 4.69) is 198 Å². The van der Waals surface area contributed by atoms with Crippen molar-refractivity contribution in [2.75, 3.05) is 0 Å². The number of benzene rings is 7. The summed E-state index contributed by atoms with van der Waals surface area (Å²) in [5, 5.41) is 5.04.